The molecule has 0 atom stereocenters. The molecule has 1 aromatic carbocycles. The zero-order valence-corrected chi connectivity index (χ0v) is 23.6. The lowest BCUT2D eigenvalue weighted by Crippen LogP contribution is -2.09. The Kier molecular flexibility index (Phi) is 6.99. The molecule has 0 aliphatic carbocycles. The van der Waals surface area contributed by atoms with Gasteiger partial charge in [0.15, 0.2) is 5.65 Å². The van der Waals surface area contributed by atoms with Crippen LogP contribution >= 0.6 is 0 Å². The second-order valence-corrected chi connectivity index (χ2v) is 12.3. The van der Waals surface area contributed by atoms with Crippen molar-refractivity contribution in [2.24, 2.45) is 0 Å². The molecule has 0 saturated heterocycles. The lowest BCUT2D eigenvalue weighted by atomic mass is 10.0. The number of hydrogen-bond donors (Lipinski definition) is 3. The van der Waals surface area contributed by atoms with Gasteiger partial charge in [-0.2, -0.15) is 5.10 Å². The monoisotopic (exact) mass is 583 g/mol. The Balaban J connectivity index is 1.39. The van der Waals surface area contributed by atoms with Gasteiger partial charge >= 0.3 is 0 Å². The van der Waals surface area contributed by atoms with Crippen LogP contribution in [0, 0.1) is 5.82 Å². The fourth-order valence-corrected chi connectivity index (χ4v) is 5.44. The summed E-state index contributed by atoms with van der Waals surface area (Å²) in [7, 11) is -3.19. The van der Waals surface area contributed by atoms with E-state index in [9.17, 15) is 17.6 Å². The number of H-pyrrole nitrogens is 2. The van der Waals surface area contributed by atoms with Gasteiger partial charge in [-0.15, -0.1) is 0 Å². The van der Waals surface area contributed by atoms with E-state index in [0.29, 0.717) is 40.3 Å². The minimum absolute atomic E-state index is 0.0710. The molecule has 6 aromatic rings. The average molecular weight is 584 g/mol. The molecule has 0 aliphatic heterocycles. The summed E-state index contributed by atoms with van der Waals surface area (Å²) in [5, 5.41) is 11.8. The predicted octanol–water partition coefficient (Wildman–Crippen LogP) is 5.30. The first-order valence-corrected chi connectivity index (χ1v) is 15.3. The van der Waals surface area contributed by atoms with Crippen LogP contribution in [0.1, 0.15) is 18.9 Å². The molecular weight excluding hydrogens is 557 g/mol. The number of rotatable bonds is 8. The summed E-state index contributed by atoms with van der Waals surface area (Å²) in [6.07, 6.45) is 8.37. The van der Waals surface area contributed by atoms with E-state index < -0.39 is 15.7 Å². The molecule has 0 unspecified atom stereocenters. The van der Waals surface area contributed by atoms with E-state index in [1.807, 2.05) is 24.3 Å². The summed E-state index contributed by atoms with van der Waals surface area (Å²) in [4.78, 5) is 28.6. The minimum Gasteiger partial charge on any atom is -0.353 e. The van der Waals surface area contributed by atoms with Gasteiger partial charge in [0, 0.05) is 64.2 Å². The molecule has 12 heteroatoms. The topological polar surface area (TPSA) is 146 Å². The number of fused-ring (bicyclic) bond motifs is 2. The van der Waals surface area contributed by atoms with Gasteiger partial charge in [0.25, 0.3) is 0 Å². The van der Waals surface area contributed by atoms with Crippen molar-refractivity contribution >= 4 is 43.4 Å². The second kappa shape index (κ2) is 10.8. The Bertz CT molecular complexity index is 2090. The van der Waals surface area contributed by atoms with E-state index in [1.165, 1.54) is 12.1 Å². The number of hydrogen-bond acceptors (Lipinski definition) is 7. The van der Waals surface area contributed by atoms with Crippen LogP contribution < -0.4 is 5.32 Å². The fraction of sp³-hybridized carbons (Fsp3) is 0.167. The summed E-state index contributed by atoms with van der Waals surface area (Å²) in [5.41, 5.74) is 6.62. The summed E-state index contributed by atoms with van der Waals surface area (Å²) >= 11 is 0. The second-order valence-electron chi connectivity index (χ2n) is 10.1. The first-order valence-electron chi connectivity index (χ1n) is 13.2. The Morgan fingerprint density at radius 2 is 1.81 bits per heavy atom. The van der Waals surface area contributed by atoms with Crippen LogP contribution in [-0.2, 0) is 21.1 Å². The van der Waals surface area contributed by atoms with Crippen molar-refractivity contribution in [3.8, 4) is 33.8 Å². The number of aryl methyl sites for hydroxylation is 1. The van der Waals surface area contributed by atoms with E-state index in [2.05, 4.69) is 35.5 Å². The zero-order valence-electron chi connectivity index (χ0n) is 22.8. The maximum atomic E-state index is 14.6. The number of pyridine rings is 3. The SMILES string of the molecule is CCC(=O)Nc1cncc(-c2cnc3n[nH]c(-c4cc5c(-c6cc(F)cc(CCS(C)(=O)=O)c6)nccc5[nH]4)c3c2)c1. The molecule has 10 nitrogen and oxygen atoms in total. The molecule has 6 rings (SSSR count). The van der Waals surface area contributed by atoms with Crippen LogP contribution in [-0.4, -0.2) is 56.5 Å². The van der Waals surface area contributed by atoms with Crippen LogP contribution in [0.25, 0.3) is 55.7 Å². The number of aromatic amines is 2. The number of carbonyl (C=O) groups excluding carboxylic acids is 1. The third-order valence-electron chi connectivity index (χ3n) is 6.90. The zero-order chi connectivity index (χ0) is 29.4. The van der Waals surface area contributed by atoms with Crippen LogP contribution in [0.5, 0.6) is 0 Å². The van der Waals surface area contributed by atoms with E-state index in [-0.39, 0.29) is 18.1 Å². The van der Waals surface area contributed by atoms with Crippen molar-refractivity contribution < 1.29 is 17.6 Å². The Morgan fingerprint density at radius 1 is 0.976 bits per heavy atom. The fourth-order valence-electron chi connectivity index (χ4n) is 4.83. The third-order valence-corrected chi connectivity index (χ3v) is 7.84. The summed E-state index contributed by atoms with van der Waals surface area (Å²) < 4.78 is 37.9. The van der Waals surface area contributed by atoms with Crippen LogP contribution in [0.15, 0.2) is 67.3 Å². The van der Waals surface area contributed by atoms with Crippen molar-refractivity contribution in [1.82, 2.24) is 30.1 Å². The Morgan fingerprint density at radius 3 is 2.62 bits per heavy atom. The highest BCUT2D eigenvalue weighted by atomic mass is 32.2. The van der Waals surface area contributed by atoms with E-state index in [0.717, 1.165) is 39.4 Å². The number of aromatic nitrogens is 6. The molecule has 5 heterocycles. The molecule has 0 radical (unpaired) electrons. The average Bonchev–Trinajstić information content (AvgIpc) is 3.59. The number of amides is 1. The molecule has 0 saturated carbocycles. The summed E-state index contributed by atoms with van der Waals surface area (Å²) in [5.74, 6) is -0.634. The largest absolute Gasteiger partial charge is 0.353 e. The molecule has 1 amide bonds. The van der Waals surface area contributed by atoms with Gasteiger partial charge in [-0.1, -0.05) is 6.92 Å². The molecule has 42 heavy (non-hydrogen) atoms. The Labute approximate surface area is 240 Å². The lowest BCUT2D eigenvalue weighted by Gasteiger charge is -2.07. The first kappa shape index (κ1) is 27.2. The van der Waals surface area contributed by atoms with Crippen molar-refractivity contribution in [3.63, 3.8) is 0 Å². The molecule has 3 N–H and O–H groups in total. The molecule has 0 fully saturated rings. The highest BCUT2D eigenvalue weighted by molar-refractivity contribution is 7.90. The van der Waals surface area contributed by atoms with Gasteiger partial charge in [-0.3, -0.25) is 19.9 Å². The summed E-state index contributed by atoms with van der Waals surface area (Å²) in [6, 6.07) is 12.1. The van der Waals surface area contributed by atoms with E-state index >= 15 is 0 Å². The van der Waals surface area contributed by atoms with Gasteiger partial charge in [-0.25, -0.2) is 17.8 Å². The summed E-state index contributed by atoms with van der Waals surface area (Å²) in [6.45, 7) is 1.78. The Hall–Kier alpha value is -4.97. The molecule has 212 valence electrons. The quantitative estimate of drug-likeness (QED) is 0.220. The molecule has 0 spiro atoms. The minimum atomic E-state index is -3.19. The van der Waals surface area contributed by atoms with Crippen LogP contribution in [0.3, 0.4) is 0 Å². The normalized spacial score (nSPS) is 11.8. The number of benzene rings is 1. The van der Waals surface area contributed by atoms with Gasteiger partial charge in [0.05, 0.1) is 34.7 Å². The van der Waals surface area contributed by atoms with Gasteiger partial charge in [-0.05, 0) is 54.4 Å². The van der Waals surface area contributed by atoms with Gasteiger partial charge in [0.1, 0.15) is 15.7 Å². The maximum absolute atomic E-state index is 14.6. The number of carbonyl (C=O) groups is 1. The van der Waals surface area contributed by atoms with E-state index in [4.69, 9.17) is 0 Å². The maximum Gasteiger partial charge on any atom is 0.224 e. The number of nitrogens with one attached hydrogen (secondary N) is 3. The van der Waals surface area contributed by atoms with Crippen molar-refractivity contribution in [2.45, 2.75) is 19.8 Å². The highest BCUT2D eigenvalue weighted by Crippen LogP contribution is 2.34. The number of halogens is 1. The number of nitrogens with zero attached hydrogens (tertiary/aromatic N) is 4. The molecule has 5 aromatic heterocycles. The first-order chi connectivity index (χ1) is 20.2. The van der Waals surface area contributed by atoms with Crippen molar-refractivity contribution in [2.75, 3.05) is 17.3 Å². The molecule has 0 bridgehead atoms. The lowest BCUT2D eigenvalue weighted by molar-refractivity contribution is -0.115. The number of anilines is 1. The smallest absolute Gasteiger partial charge is 0.224 e. The highest BCUT2D eigenvalue weighted by Gasteiger charge is 2.17. The van der Waals surface area contributed by atoms with Crippen LogP contribution in [0.2, 0.25) is 0 Å². The standard InChI is InChI=1S/C30H26FN7O3S/c1-3-27(39)35-22-11-19(14-32-16-22)20-12-24-29(37-38-30(24)34-15-20)26-13-23-25(36-26)4-6-33-28(23)18-8-17(9-21(31)10-18)5-7-42(2,40)41/h4,6,8-16,36H,3,5,7H2,1-2H3,(H,35,39)(H,34,37,38). The molecule has 0 aliphatic rings. The third kappa shape index (κ3) is 5.61. The van der Waals surface area contributed by atoms with Crippen molar-refractivity contribution in [3.05, 3.63) is 78.6 Å². The number of sulfone groups is 1. The van der Waals surface area contributed by atoms with E-state index in [1.54, 1.807) is 37.8 Å². The van der Waals surface area contributed by atoms with Crippen LogP contribution in [0.4, 0.5) is 10.1 Å². The van der Waals surface area contributed by atoms with Gasteiger partial charge < -0.3 is 10.3 Å². The van der Waals surface area contributed by atoms with Crippen molar-refractivity contribution in [1.29, 1.82) is 0 Å². The predicted molar refractivity (Wildman–Crippen MR) is 160 cm³/mol. The van der Waals surface area contributed by atoms with Gasteiger partial charge in [0.2, 0.25) is 5.91 Å². The molecular formula is C30H26FN7O3S.